The van der Waals surface area contributed by atoms with Gasteiger partial charge in [0, 0.05) is 28.7 Å². The molecule has 6 rings (SSSR count). The minimum Gasteiger partial charge on any atom is -0.497 e. The number of carbonyl (C=O) groups is 1. The fraction of sp³-hybridized carbons (Fsp3) is 0.290. The number of ether oxygens (including phenoxy) is 3. The minimum absolute atomic E-state index is 0.129. The van der Waals surface area contributed by atoms with Gasteiger partial charge in [-0.15, -0.1) is 0 Å². The van der Waals surface area contributed by atoms with E-state index >= 15 is 0 Å². The molecule has 38 heavy (non-hydrogen) atoms. The van der Waals surface area contributed by atoms with Crippen LogP contribution in [0.2, 0.25) is 0 Å². The molecule has 0 radical (unpaired) electrons. The zero-order chi connectivity index (χ0) is 26.2. The third-order valence-electron chi connectivity index (χ3n) is 7.56. The van der Waals surface area contributed by atoms with Crippen LogP contribution in [-0.2, 0) is 0 Å². The number of aromatic nitrogens is 1. The number of piperidine rings is 1. The van der Waals surface area contributed by atoms with Gasteiger partial charge in [-0.05, 0) is 86.6 Å². The van der Waals surface area contributed by atoms with Crippen LogP contribution in [0.1, 0.15) is 35.2 Å². The van der Waals surface area contributed by atoms with Crippen molar-refractivity contribution in [2.24, 2.45) is 0 Å². The molecule has 4 aromatic rings. The van der Waals surface area contributed by atoms with E-state index in [9.17, 15) is 9.59 Å². The van der Waals surface area contributed by atoms with Crippen molar-refractivity contribution in [1.29, 1.82) is 0 Å². The predicted octanol–water partition coefficient (Wildman–Crippen LogP) is 5.08. The number of ketones is 1. The fourth-order valence-corrected chi connectivity index (χ4v) is 5.58. The van der Waals surface area contributed by atoms with Crippen LogP contribution in [-0.4, -0.2) is 55.7 Å². The van der Waals surface area contributed by atoms with Crippen molar-refractivity contribution >= 4 is 16.6 Å². The lowest BCUT2D eigenvalue weighted by atomic mass is 10.0. The number of hydrogen-bond donors (Lipinski definition) is 0. The quantitative estimate of drug-likeness (QED) is 0.304. The lowest BCUT2D eigenvalue weighted by Crippen LogP contribution is -2.33. The third kappa shape index (κ3) is 4.13. The standard InChI is InChI=1S/C31H30N2O5/c1-36-22-11-13-25-26(18-22)30(34)28-24-12-10-23(37-2)19-27(24)31(35)33(29(25)28)20-6-8-21(9-7-20)38-17-16-32-14-4-3-5-15-32/h6-13,18-19H,3-5,14-17H2,1-2H3. The van der Waals surface area contributed by atoms with Crippen molar-refractivity contribution in [3.05, 3.63) is 82.1 Å². The molecule has 1 aliphatic carbocycles. The molecule has 1 aliphatic heterocycles. The number of pyridine rings is 1. The molecule has 0 saturated carbocycles. The van der Waals surface area contributed by atoms with Crippen molar-refractivity contribution in [1.82, 2.24) is 9.47 Å². The molecule has 194 valence electrons. The smallest absolute Gasteiger partial charge is 0.263 e. The molecule has 1 aromatic heterocycles. The summed E-state index contributed by atoms with van der Waals surface area (Å²) in [4.78, 5) is 30.1. The van der Waals surface area contributed by atoms with E-state index in [-0.39, 0.29) is 11.3 Å². The monoisotopic (exact) mass is 510 g/mol. The molecular formula is C31H30N2O5. The summed E-state index contributed by atoms with van der Waals surface area (Å²) < 4.78 is 18.4. The van der Waals surface area contributed by atoms with Gasteiger partial charge < -0.3 is 14.2 Å². The van der Waals surface area contributed by atoms with Gasteiger partial charge in [0.25, 0.3) is 5.56 Å². The highest BCUT2D eigenvalue weighted by Crippen LogP contribution is 2.42. The number of nitrogens with zero attached hydrogens (tertiary/aromatic N) is 2. The van der Waals surface area contributed by atoms with E-state index in [4.69, 9.17) is 14.2 Å². The van der Waals surface area contributed by atoms with E-state index < -0.39 is 0 Å². The Morgan fingerprint density at radius 1 is 0.737 bits per heavy atom. The van der Waals surface area contributed by atoms with Crippen LogP contribution in [0.25, 0.3) is 27.7 Å². The van der Waals surface area contributed by atoms with Gasteiger partial charge in [-0.2, -0.15) is 0 Å². The maximum atomic E-state index is 14.0. The SMILES string of the molecule is COc1ccc2c(c1)C(=O)c1c-2n(-c2ccc(OCCN3CCCCC3)cc2)c(=O)c2cc(OC)ccc12. The topological polar surface area (TPSA) is 70.0 Å². The zero-order valence-electron chi connectivity index (χ0n) is 21.7. The van der Waals surface area contributed by atoms with Gasteiger partial charge in [0.2, 0.25) is 0 Å². The molecule has 0 spiro atoms. The molecule has 3 aromatic carbocycles. The number of likely N-dealkylation sites (tertiary alicyclic amines) is 1. The van der Waals surface area contributed by atoms with E-state index in [2.05, 4.69) is 4.90 Å². The summed E-state index contributed by atoms with van der Waals surface area (Å²) in [6.07, 6.45) is 3.82. The average molecular weight is 511 g/mol. The van der Waals surface area contributed by atoms with E-state index in [1.807, 2.05) is 36.4 Å². The second kappa shape index (κ2) is 9.99. The number of benzene rings is 3. The first-order valence-corrected chi connectivity index (χ1v) is 13.0. The molecule has 2 aliphatic rings. The van der Waals surface area contributed by atoms with Crippen molar-refractivity contribution in [3.63, 3.8) is 0 Å². The molecule has 7 nitrogen and oxygen atoms in total. The molecule has 0 bridgehead atoms. The Labute approximate surface area is 221 Å². The van der Waals surface area contributed by atoms with Gasteiger partial charge in [0.15, 0.2) is 5.78 Å². The predicted molar refractivity (Wildman–Crippen MR) is 147 cm³/mol. The largest absolute Gasteiger partial charge is 0.497 e. The highest BCUT2D eigenvalue weighted by atomic mass is 16.5. The Bertz CT molecular complexity index is 1580. The third-order valence-corrected chi connectivity index (χ3v) is 7.56. The first-order chi connectivity index (χ1) is 18.6. The van der Waals surface area contributed by atoms with Crippen LogP contribution in [0.5, 0.6) is 17.2 Å². The van der Waals surface area contributed by atoms with E-state index in [1.165, 1.54) is 19.3 Å². The molecular weight excluding hydrogens is 480 g/mol. The number of fused-ring (bicyclic) bond motifs is 5. The number of carbonyl (C=O) groups excluding carboxylic acids is 1. The van der Waals surface area contributed by atoms with Crippen LogP contribution in [0.4, 0.5) is 0 Å². The zero-order valence-corrected chi connectivity index (χ0v) is 21.7. The van der Waals surface area contributed by atoms with Crippen molar-refractivity contribution in [2.75, 3.05) is 40.5 Å². The second-order valence-corrected chi connectivity index (χ2v) is 9.76. The van der Waals surface area contributed by atoms with Gasteiger partial charge in [0.1, 0.15) is 23.9 Å². The summed E-state index contributed by atoms with van der Waals surface area (Å²) in [6, 6.07) is 18.2. The first kappa shape index (κ1) is 24.2. The van der Waals surface area contributed by atoms with Crippen LogP contribution in [0.3, 0.4) is 0 Å². The highest BCUT2D eigenvalue weighted by Gasteiger charge is 2.33. The molecule has 0 atom stereocenters. The highest BCUT2D eigenvalue weighted by molar-refractivity contribution is 6.27. The summed E-state index contributed by atoms with van der Waals surface area (Å²) in [5.41, 5.74) is 2.78. The van der Waals surface area contributed by atoms with E-state index in [0.717, 1.165) is 25.4 Å². The molecule has 7 heteroatoms. The Morgan fingerprint density at radius 2 is 1.42 bits per heavy atom. The van der Waals surface area contributed by atoms with Crippen LogP contribution in [0.15, 0.2) is 65.5 Å². The van der Waals surface area contributed by atoms with Crippen LogP contribution >= 0.6 is 0 Å². The molecule has 0 N–H and O–H groups in total. The summed E-state index contributed by atoms with van der Waals surface area (Å²) in [6.45, 7) is 3.79. The van der Waals surface area contributed by atoms with Gasteiger partial charge >= 0.3 is 0 Å². The molecule has 1 fully saturated rings. The van der Waals surface area contributed by atoms with Crippen LogP contribution < -0.4 is 19.8 Å². The fourth-order valence-electron chi connectivity index (χ4n) is 5.58. The summed E-state index contributed by atoms with van der Waals surface area (Å²) in [7, 11) is 3.13. The second-order valence-electron chi connectivity index (χ2n) is 9.76. The Kier molecular flexibility index (Phi) is 6.37. The Morgan fingerprint density at radius 3 is 2.16 bits per heavy atom. The van der Waals surface area contributed by atoms with Crippen molar-refractivity contribution < 1.29 is 19.0 Å². The summed E-state index contributed by atoms with van der Waals surface area (Å²) >= 11 is 0. The normalized spacial score (nSPS) is 14.8. The van der Waals surface area contributed by atoms with E-state index in [0.29, 0.717) is 57.0 Å². The molecule has 2 heterocycles. The summed E-state index contributed by atoms with van der Waals surface area (Å²) in [5, 5.41) is 1.04. The first-order valence-electron chi connectivity index (χ1n) is 13.0. The Hall–Kier alpha value is -4.10. The van der Waals surface area contributed by atoms with Gasteiger partial charge in [-0.3, -0.25) is 19.1 Å². The van der Waals surface area contributed by atoms with Gasteiger partial charge in [-0.1, -0.05) is 6.42 Å². The number of rotatable bonds is 7. The lowest BCUT2D eigenvalue weighted by molar-refractivity contribution is 0.104. The van der Waals surface area contributed by atoms with Crippen molar-refractivity contribution in [2.45, 2.75) is 19.3 Å². The average Bonchev–Trinajstić information content (AvgIpc) is 3.25. The van der Waals surface area contributed by atoms with Crippen molar-refractivity contribution in [3.8, 4) is 34.2 Å². The molecule has 1 saturated heterocycles. The lowest BCUT2D eigenvalue weighted by Gasteiger charge is -2.26. The maximum absolute atomic E-state index is 14.0. The minimum atomic E-state index is -0.215. The Balaban J connectivity index is 1.42. The van der Waals surface area contributed by atoms with Gasteiger partial charge in [0.05, 0.1) is 30.9 Å². The molecule has 0 unspecified atom stereocenters. The van der Waals surface area contributed by atoms with E-state index in [1.54, 1.807) is 43.1 Å². The van der Waals surface area contributed by atoms with Gasteiger partial charge in [-0.25, -0.2) is 0 Å². The molecule has 0 amide bonds. The number of methoxy groups -OCH3 is 2. The maximum Gasteiger partial charge on any atom is 0.263 e. The number of hydrogen-bond acceptors (Lipinski definition) is 6. The summed E-state index contributed by atoms with van der Waals surface area (Å²) in [5.74, 6) is 1.77. The van der Waals surface area contributed by atoms with Crippen LogP contribution in [0, 0.1) is 0 Å².